The van der Waals surface area contributed by atoms with E-state index < -0.39 is 0 Å². The van der Waals surface area contributed by atoms with Crippen molar-refractivity contribution < 1.29 is 9.53 Å². The number of anilines is 2. The van der Waals surface area contributed by atoms with Gasteiger partial charge in [-0.1, -0.05) is 42.5 Å². The molecule has 0 aliphatic carbocycles. The van der Waals surface area contributed by atoms with E-state index >= 15 is 0 Å². The van der Waals surface area contributed by atoms with Crippen LogP contribution in [0.3, 0.4) is 0 Å². The zero-order valence-corrected chi connectivity index (χ0v) is 16.5. The van der Waals surface area contributed by atoms with Gasteiger partial charge in [-0.2, -0.15) is 9.97 Å². The van der Waals surface area contributed by atoms with Crippen LogP contribution < -0.4 is 11.5 Å². The first kappa shape index (κ1) is 19.4. The predicted molar refractivity (Wildman–Crippen MR) is 117 cm³/mol. The highest BCUT2D eigenvalue weighted by Crippen LogP contribution is 2.24. The highest BCUT2D eigenvalue weighted by atomic mass is 16.5. The Morgan fingerprint density at radius 1 is 0.933 bits per heavy atom. The quantitative estimate of drug-likeness (QED) is 0.407. The van der Waals surface area contributed by atoms with E-state index in [2.05, 4.69) is 15.0 Å². The number of ether oxygens (including phenoxy) is 1. The molecular weight excluding hydrogens is 378 g/mol. The zero-order valence-electron chi connectivity index (χ0n) is 16.5. The number of benzene rings is 2. The van der Waals surface area contributed by atoms with Crippen LogP contribution >= 0.6 is 0 Å². The van der Waals surface area contributed by atoms with Gasteiger partial charge in [0, 0.05) is 6.20 Å². The van der Waals surface area contributed by atoms with Crippen molar-refractivity contribution in [3.63, 3.8) is 0 Å². The molecule has 0 saturated carbocycles. The minimum Gasteiger partial charge on any atom is -0.457 e. The van der Waals surface area contributed by atoms with E-state index in [1.807, 2.05) is 60.8 Å². The van der Waals surface area contributed by atoms with Crippen molar-refractivity contribution in [3.05, 3.63) is 83.0 Å². The lowest BCUT2D eigenvalue weighted by atomic mass is 10.0. The second-order valence-corrected chi connectivity index (χ2v) is 7.12. The number of esters is 1. The summed E-state index contributed by atoms with van der Waals surface area (Å²) in [6.07, 6.45) is 4.54. The molecule has 0 saturated heterocycles. The van der Waals surface area contributed by atoms with Crippen LogP contribution in [0.2, 0.25) is 0 Å². The lowest BCUT2D eigenvalue weighted by molar-refractivity contribution is 0.0472. The predicted octanol–water partition coefficient (Wildman–Crippen LogP) is 3.65. The molecule has 5 N–H and O–H groups in total. The highest BCUT2D eigenvalue weighted by molar-refractivity contribution is 5.90. The number of nitrogens with two attached hydrogens (primary N) is 2. The Morgan fingerprint density at radius 3 is 2.47 bits per heavy atom. The summed E-state index contributed by atoms with van der Waals surface area (Å²) in [5, 5.41) is 0.834. The summed E-state index contributed by atoms with van der Waals surface area (Å²) in [4.78, 5) is 23.5. The van der Waals surface area contributed by atoms with Crippen LogP contribution in [0.5, 0.6) is 0 Å². The smallest absolute Gasteiger partial charge is 0.338 e. The molecule has 0 aliphatic rings. The summed E-state index contributed by atoms with van der Waals surface area (Å²) >= 11 is 0. The summed E-state index contributed by atoms with van der Waals surface area (Å²) in [6, 6.07) is 17.2. The number of carbonyl (C=O) groups is 1. The molecule has 0 bridgehead atoms. The summed E-state index contributed by atoms with van der Waals surface area (Å²) < 4.78 is 5.37. The van der Waals surface area contributed by atoms with Crippen molar-refractivity contribution in [2.45, 2.75) is 25.9 Å². The van der Waals surface area contributed by atoms with Crippen LogP contribution in [0.4, 0.5) is 11.8 Å². The fourth-order valence-electron chi connectivity index (χ4n) is 3.44. The van der Waals surface area contributed by atoms with Gasteiger partial charge in [-0.25, -0.2) is 4.79 Å². The van der Waals surface area contributed by atoms with Crippen molar-refractivity contribution in [1.29, 1.82) is 0 Å². The number of aromatic nitrogens is 3. The maximum Gasteiger partial charge on any atom is 0.338 e. The fourth-order valence-corrected chi connectivity index (χ4v) is 3.44. The van der Waals surface area contributed by atoms with Gasteiger partial charge in [0.15, 0.2) is 0 Å². The molecule has 0 aliphatic heterocycles. The SMILES string of the molecule is Nc1nc(N)c2c(CCCc3ccc(C(=O)OCc4ccccc4)cc3)c[nH]c2n1. The summed E-state index contributed by atoms with van der Waals surface area (Å²) in [6.45, 7) is 0.268. The molecule has 4 rings (SSSR count). The Morgan fingerprint density at radius 2 is 1.70 bits per heavy atom. The number of hydrogen-bond acceptors (Lipinski definition) is 6. The van der Waals surface area contributed by atoms with Crippen molar-refractivity contribution in [1.82, 2.24) is 15.0 Å². The normalized spacial score (nSPS) is 10.9. The Hall–Kier alpha value is -3.87. The number of aromatic amines is 1. The standard InChI is InChI=1S/C23H23N5O2/c24-20-19-18(13-26-21(19)28-23(25)27-20)8-4-7-15-9-11-17(12-10-15)22(29)30-14-16-5-2-1-3-6-16/h1-3,5-6,9-13H,4,7-8,14H2,(H5,24,25,26,27,28). The molecule has 2 heterocycles. The van der Waals surface area contributed by atoms with Gasteiger partial charge < -0.3 is 21.2 Å². The Labute approximate surface area is 174 Å². The van der Waals surface area contributed by atoms with Gasteiger partial charge in [0.05, 0.1) is 10.9 Å². The highest BCUT2D eigenvalue weighted by Gasteiger charge is 2.11. The minimum absolute atomic E-state index is 0.163. The maximum absolute atomic E-state index is 12.2. The number of carbonyl (C=O) groups excluding carboxylic acids is 1. The number of hydrogen-bond donors (Lipinski definition) is 3. The third-order valence-corrected chi connectivity index (χ3v) is 4.97. The lowest BCUT2D eigenvalue weighted by Gasteiger charge is -2.06. The molecule has 0 fully saturated rings. The van der Waals surface area contributed by atoms with Gasteiger partial charge in [-0.15, -0.1) is 0 Å². The third kappa shape index (κ3) is 4.41. The van der Waals surface area contributed by atoms with Crippen LogP contribution in [0, 0.1) is 0 Å². The molecule has 0 atom stereocenters. The first-order valence-electron chi connectivity index (χ1n) is 9.79. The van der Waals surface area contributed by atoms with E-state index in [9.17, 15) is 4.79 Å². The largest absolute Gasteiger partial charge is 0.457 e. The Balaban J connectivity index is 1.31. The molecule has 0 spiro atoms. The molecule has 0 unspecified atom stereocenters. The van der Waals surface area contributed by atoms with Crippen molar-refractivity contribution >= 4 is 28.8 Å². The van der Waals surface area contributed by atoms with Gasteiger partial charge in [-0.05, 0) is 48.1 Å². The lowest BCUT2D eigenvalue weighted by Crippen LogP contribution is -2.05. The first-order chi connectivity index (χ1) is 14.6. The van der Waals surface area contributed by atoms with Crippen LogP contribution in [0.25, 0.3) is 11.0 Å². The fraction of sp³-hybridized carbons (Fsp3) is 0.174. The number of nitrogens with one attached hydrogen (secondary N) is 1. The van der Waals surface area contributed by atoms with Crippen molar-refractivity contribution in [2.24, 2.45) is 0 Å². The number of rotatable bonds is 7. The third-order valence-electron chi connectivity index (χ3n) is 4.97. The molecule has 7 nitrogen and oxygen atoms in total. The molecule has 2 aromatic carbocycles. The summed E-state index contributed by atoms with van der Waals surface area (Å²) in [5.41, 5.74) is 16.0. The maximum atomic E-state index is 12.2. The van der Waals surface area contributed by atoms with Crippen LogP contribution in [0.15, 0.2) is 60.8 Å². The zero-order chi connectivity index (χ0) is 20.9. The van der Waals surface area contributed by atoms with E-state index in [-0.39, 0.29) is 18.5 Å². The number of H-pyrrole nitrogens is 1. The molecule has 7 heteroatoms. The van der Waals surface area contributed by atoms with Gasteiger partial charge in [-0.3, -0.25) is 0 Å². The van der Waals surface area contributed by atoms with E-state index in [1.165, 1.54) is 0 Å². The van der Waals surface area contributed by atoms with Crippen LogP contribution in [-0.4, -0.2) is 20.9 Å². The average molecular weight is 401 g/mol. The molecule has 2 aromatic heterocycles. The number of fused-ring (bicyclic) bond motifs is 1. The second kappa shape index (κ2) is 8.65. The Bertz CT molecular complexity index is 1150. The second-order valence-electron chi connectivity index (χ2n) is 7.12. The van der Waals surface area contributed by atoms with Gasteiger partial charge >= 0.3 is 5.97 Å². The topological polar surface area (TPSA) is 120 Å². The van der Waals surface area contributed by atoms with Crippen LogP contribution in [0.1, 0.15) is 33.5 Å². The van der Waals surface area contributed by atoms with E-state index in [1.54, 1.807) is 0 Å². The Kier molecular flexibility index (Phi) is 5.61. The van der Waals surface area contributed by atoms with Gasteiger partial charge in [0.2, 0.25) is 5.95 Å². The van der Waals surface area contributed by atoms with Crippen molar-refractivity contribution in [3.8, 4) is 0 Å². The van der Waals surface area contributed by atoms with Gasteiger partial charge in [0.25, 0.3) is 0 Å². The van der Waals surface area contributed by atoms with E-state index in [0.29, 0.717) is 17.0 Å². The summed E-state index contributed by atoms with van der Waals surface area (Å²) in [5.74, 6) is 0.238. The molecule has 0 radical (unpaired) electrons. The number of nitrogens with zero attached hydrogens (tertiary/aromatic N) is 2. The molecular formula is C23H23N5O2. The van der Waals surface area contributed by atoms with Crippen molar-refractivity contribution in [2.75, 3.05) is 11.5 Å². The van der Waals surface area contributed by atoms with Gasteiger partial charge in [0.1, 0.15) is 18.1 Å². The molecule has 0 amide bonds. The molecule has 30 heavy (non-hydrogen) atoms. The van der Waals surface area contributed by atoms with E-state index in [0.717, 1.165) is 41.3 Å². The number of nitrogen functional groups attached to an aromatic ring is 2. The van der Waals surface area contributed by atoms with Crippen LogP contribution in [-0.2, 0) is 24.2 Å². The molecule has 152 valence electrons. The number of aryl methyl sites for hydroxylation is 2. The average Bonchev–Trinajstić information content (AvgIpc) is 3.16. The molecule has 4 aromatic rings. The monoisotopic (exact) mass is 401 g/mol. The van der Waals surface area contributed by atoms with E-state index in [4.69, 9.17) is 16.2 Å². The summed E-state index contributed by atoms with van der Waals surface area (Å²) in [7, 11) is 0. The first-order valence-corrected chi connectivity index (χ1v) is 9.79. The minimum atomic E-state index is -0.320.